The molecule has 4 aliphatic carbocycles. The van der Waals surface area contributed by atoms with E-state index in [9.17, 15) is 14.4 Å². The second-order valence-electron chi connectivity index (χ2n) is 11.9. The minimum atomic E-state index is -0.550. The number of carbonyl (C=O) groups is 3. The predicted molar refractivity (Wildman–Crippen MR) is 123 cm³/mol. The topological polar surface area (TPSA) is 51.2 Å². The first-order chi connectivity index (χ1) is 14.5. The van der Waals surface area contributed by atoms with Crippen molar-refractivity contribution >= 4 is 17.3 Å². The SMILES string of the molecule is CC(C)[C@H](C)/C=C/[C@@H](C)[C@H]1CCC(=O)[C@]23CC(=O)C4=CC(=O)CC[C@]4(C)[C@H]2CC[C@]13C. The second kappa shape index (κ2) is 7.52. The van der Waals surface area contributed by atoms with E-state index < -0.39 is 5.41 Å². The number of carbonyl (C=O) groups excluding carboxylic acids is 3. The summed E-state index contributed by atoms with van der Waals surface area (Å²) in [6.45, 7) is 13.6. The first kappa shape index (κ1) is 22.7. The molecule has 0 heterocycles. The lowest BCUT2D eigenvalue weighted by Crippen LogP contribution is -2.61. The number of ketones is 3. The monoisotopic (exact) mass is 424 g/mol. The highest BCUT2D eigenvalue weighted by atomic mass is 16.1. The van der Waals surface area contributed by atoms with E-state index >= 15 is 0 Å². The summed E-state index contributed by atoms with van der Waals surface area (Å²) < 4.78 is 0. The standard InChI is InChI=1S/C28H40O3/c1-17(2)18(3)7-8-19(4)21-9-10-25(31)28-16-23(30)22-15-20(29)11-13-26(22,5)24(28)12-14-27(21,28)6/h7-8,15,17-19,21,24H,9-14,16H2,1-6H3/b8-7+/t18-,19-,21-,24-,26+,27-,28+/m1/s1. The molecule has 3 saturated carbocycles. The van der Waals surface area contributed by atoms with Gasteiger partial charge in [-0.1, -0.05) is 53.7 Å². The lowest BCUT2D eigenvalue weighted by Gasteiger charge is -2.60. The Morgan fingerprint density at radius 1 is 0.968 bits per heavy atom. The molecule has 0 saturated heterocycles. The van der Waals surface area contributed by atoms with Crippen molar-refractivity contribution in [3.63, 3.8) is 0 Å². The summed E-state index contributed by atoms with van der Waals surface area (Å²) in [6, 6.07) is 0. The Morgan fingerprint density at radius 2 is 1.68 bits per heavy atom. The summed E-state index contributed by atoms with van der Waals surface area (Å²) in [5.41, 5.74) is -0.310. The quantitative estimate of drug-likeness (QED) is 0.511. The number of allylic oxidation sites excluding steroid dienone is 4. The molecule has 0 aromatic heterocycles. The zero-order chi connectivity index (χ0) is 22.8. The molecule has 4 rings (SSSR count). The summed E-state index contributed by atoms with van der Waals surface area (Å²) in [7, 11) is 0. The first-order valence-corrected chi connectivity index (χ1v) is 12.5. The Morgan fingerprint density at radius 3 is 2.35 bits per heavy atom. The molecular formula is C28H40O3. The number of rotatable bonds is 4. The summed E-state index contributed by atoms with van der Waals surface area (Å²) in [6.07, 6.45) is 11.4. The van der Waals surface area contributed by atoms with Crippen molar-refractivity contribution in [2.75, 3.05) is 0 Å². The third-order valence-corrected chi connectivity index (χ3v) is 10.3. The number of hydrogen-bond acceptors (Lipinski definition) is 3. The largest absolute Gasteiger partial charge is 0.299 e. The Balaban J connectivity index is 1.74. The van der Waals surface area contributed by atoms with Crippen molar-refractivity contribution in [1.82, 2.24) is 0 Å². The van der Waals surface area contributed by atoms with Crippen LogP contribution in [0, 0.1) is 45.8 Å². The highest BCUT2D eigenvalue weighted by molar-refractivity contribution is 6.08. The van der Waals surface area contributed by atoms with E-state index in [1.54, 1.807) is 6.08 Å². The van der Waals surface area contributed by atoms with E-state index in [0.29, 0.717) is 55.1 Å². The van der Waals surface area contributed by atoms with Crippen LogP contribution in [-0.4, -0.2) is 17.3 Å². The van der Waals surface area contributed by atoms with Gasteiger partial charge in [0.15, 0.2) is 11.6 Å². The smallest absolute Gasteiger partial charge is 0.160 e. The maximum absolute atomic E-state index is 13.7. The summed E-state index contributed by atoms with van der Waals surface area (Å²) in [4.78, 5) is 39.3. The lowest BCUT2D eigenvalue weighted by molar-refractivity contribution is -0.164. The maximum atomic E-state index is 13.7. The molecule has 31 heavy (non-hydrogen) atoms. The van der Waals surface area contributed by atoms with Crippen LogP contribution in [0.2, 0.25) is 0 Å². The van der Waals surface area contributed by atoms with Crippen molar-refractivity contribution in [3.05, 3.63) is 23.8 Å². The van der Waals surface area contributed by atoms with E-state index in [4.69, 9.17) is 0 Å². The molecule has 1 spiro atoms. The van der Waals surface area contributed by atoms with Gasteiger partial charge in [-0.05, 0) is 66.8 Å². The molecule has 0 radical (unpaired) electrons. The lowest BCUT2D eigenvalue weighted by atomic mass is 9.41. The van der Waals surface area contributed by atoms with Gasteiger partial charge in [0.2, 0.25) is 0 Å². The fourth-order valence-electron chi connectivity index (χ4n) is 8.03. The van der Waals surface area contributed by atoms with Gasteiger partial charge in [0.1, 0.15) is 5.78 Å². The molecule has 0 unspecified atom stereocenters. The fourth-order valence-corrected chi connectivity index (χ4v) is 8.03. The van der Waals surface area contributed by atoms with Gasteiger partial charge in [0.25, 0.3) is 0 Å². The van der Waals surface area contributed by atoms with E-state index in [0.717, 1.165) is 24.8 Å². The average Bonchev–Trinajstić information content (AvgIpc) is 3.03. The average molecular weight is 425 g/mol. The van der Waals surface area contributed by atoms with Gasteiger partial charge in [-0.25, -0.2) is 0 Å². The number of Topliss-reactive ketones (excluding diaryl/α,β-unsaturated/α-hetero) is 2. The molecule has 0 N–H and O–H groups in total. The second-order valence-corrected chi connectivity index (χ2v) is 11.9. The minimum absolute atomic E-state index is 0.0607. The van der Waals surface area contributed by atoms with E-state index in [1.165, 1.54) is 0 Å². The van der Waals surface area contributed by atoms with Crippen LogP contribution >= 0.6 is 0 Å². The molecule has 7 atom stereocenters. The van der Waals surface area contributed by atoms with Crippen LogP contribution in [0.5, 0.6) is 0 Å². The molecule has 3 fully saturated rings. The molecule has 4 aliphatic rings. The fraction of sp³-hybridized carbons (Fsp3) is 0.750. The van der Waals surface area contributed by atoms with Crippen molar-refractivity contribution < 1.29 is 14.4 Å². The van der Waals surface area contributed by atoms with Gasteiger partial charge in [0.05, 0.1) is 0 Å². The van der Waals surface area contributed by atoms with Crippen molar-refractivity contribution in [3.8, 4) is 0 Å². The Hall–Kier alpha value is -1.51. The third-order valence-electron chi connectivity index (χ3n) is 10.3. The summed E-state index contributed by atoms with van der Waals surface area (Å²) in [5, 5.41) is 0. The molecule has 3 nitrogen and oxygen atoms in total. The molecule has 3 heteroatoms. The molecule has 0 aliphatic heterocycles. The molecule has 0 amide bonds. The Kier molecular flexibility index (Phi) is 5.50. The maximum Gasteiger partial charge on any atom is 0.160 e. The highest BCUT2D eigenvalue weighted by Crippen LogP contribution is 2.73. The minimum Gasteiger partial charge on any atom is -0.299 e. The van der Waals surface area contributed by atoms with E-state index in [2.05, 4.69) is 53.7 Å². The van der Waals surface area contributed by atoms with Gasteiger partial charge in [-0.2, -0.15) is 0 Å². The van der Waals surface area contributed by atoms with Crippen LogP contribution in [0.4, 0.5) is 0 Å². The summed E-state index contributed by atoms with van der Waals surface area (Å²) in [5.74, 6) is 2.60. The van der Waals surface area contributed by atoms with E-state index in [1.807, 2.05) is 0 Å². The molecule has 0 aromatic carbocycles. The zero-order valence-electron chi connectivity index (χ0n) is 20.3. The van der Waals surface area contributed by atoms with Crippen molar-refractivity contribution in [1.29, 1.82) is 0 Å². The van der Waals surface area contributed by atoms with Crippen LogP contribution in [0.15, 0.2) is 23.8 Å². The van der Waals surface area contributed by atoms with Gasteiger partial charge in [0, 0.05) is 35.7 Å². The normalized spacial score (nSPS) is 42.3. The van der Waals surface area contributed by atoms with Crippen LogP contribution in [0.1, 0.15) is 86.5 Å². The third kappa shape index (κ3) is 3.09. The number of hydrogen-bond donors (Lipinski definition) is 0. The van der Waals surface area contributed by atoms with Crippen LogP contribution in [0.25, 0.3) is 0 Å². The molecule has 0 aromatic rings. The highest BCUT2D eigenvalue weighted by Gasteiger charge is 2.72. The predicted octanol–water partition coefficient (Wildman–Crippen LogP) is 6.12. The van der Waals surface area contributed by atoms with Gasteiger partial charge < -0.3 is 0 Å². The van der Waals surface area contributed by atoms with Crippen molar-refractivity contribution in [2.45, 2.75) is 86.5 Å². The molecule has 170 valence electrons. The van der Waals surface area contributed by atoms with Gasteiger partial charge >= 0.3 is 0 Å². The van der Waals surface area contributed by atoms with Gasteiger partial charge in [-0.3, -0.25) is 14.4 Å². The van der Waals surface area contributed by atoms with Crippen LogP contribution in [0.3, 0.4) is 0 Å². The van der Waals surface area contributed by atoms with Crippen molar-refractivity contribution in [2.24, 2.45) is 45.8 Å². The Bertz CT molecular complexity index is 863. The molecule has 0 bridgehead atoms. The van der Waals surface area contributed by atoms with Crippen LogP contribution in [-0.2, 0) is 14.4 Å². The number of fused-ring (bicyclic) bond motifs is 2. The Labute approximate surface area is 188 Å². The van der Waals surface area contributed by atoms with Gasteiger partial charge in [-0.15, -0.1) is 0 Å². The zero-order valence-corrected chi connectivity index (χ0v) is 20.3. The first-order valence-electron chi connectivity index (χ1n) is 12.5. The molecular weight excluding hydrogens is 384 g/mol. The van der Waals surface area contributed by atoms with E-state index in [-0.39, 0.29) is 28.3 Å². The summed E-state index contributed by atoms with van der Waals surface area (Å²) >= 11 is 0. The van der Waals surface area contributed by atoms with Crippen LogP contribution < -0.4 is 0 Å².